The Kier molecular flexibility index (Phi) is 5.63. The van der Waals surface area contributed by atoms with Gasteiger partial charge in [0.25, 0.3) is 0 Å². The molecule has 0 radical (unpaired) electrons. The number of hydrogen-bond donors (Lipinski definition) is 1. The fourth-order valence-electron chi connectivity index (χ4n) is 3.35. The van der Waals surface area contributed by atoms with Gasteiger partial charge in [0.1, 0.15) is 0 Å². The van der Waals surface area contributed by atoms with Gasteiger partial charge in [-0.05, 0) is 42.6 Å². The molecule has 1 amide bonds. The molecule has 0 spiro atoms. The molecule has 1 heterocycles. The molecule has 0 aromatic heterocycles. The maximum Gasteiger partial charge on any atom is 0.239 e. The molecule has 0 saturated carbocycles. The first-order valence-corrected chi connectivity index (χ1v) is 8.48. The molecule has 1 saturated heterocycles. The number of carbonyl (C=O) groups excluding carboxylic acids is 1. The summed E-state index contributed by atoms with van der Waals surface area (Å²) in [6, 6.07) is 10.3. The lowest BCUT2D eigenvalue weighted by molar-refractivity contribution is -0.132. The van der Waals surface area contributed by atoms with Crippen LogP contribution in [0.3, 0.4) is 0 Å². The van der Waals surface area contributed by atoms with E-state index < -0.39 is 0 Å². The topological polar surface area (TPSA) is 46.3 Å². The van der Waals surface area contributed by atoms with Crippen LogP contribution < -0.4 is 5.73 Å². The number of carbonyl (C=O) groups is 1. The molecule has 2 rings (SSSR count). The zero-order valence-electron chi connectivity index (χ0n) is 14.2. The van der Waals surface area contributed by atoms with Crippen LogP contribution >= 0.6 is 0 Å². The lowest BCUT2D eigenvalue weighted by atomic mass is 9.83. The SMILES string of the molecule is CC(C)C[C@H](N)C(=O)N1CCC(C)(CCc2ccccc2)C1. The summed E-state index contributed by atoms with van der Waals surface area (Å²) in [5, 5.41) is 0. The van der Waals surface area contributed by atoms with E-state index in [1.54, 1.807) is 0 Å². The maximum absolute atomic E-state index is 12.4. The number of hydrogen-bond acceptors (Lipinski definition) is 2. The normalized spacial score (nSPS) is 23.0. The van der Waals surface area contributed by atoms with Crippen molar-refractivity contribution in [2.24, 2.45) is 17.1 Å². The highest BCUT2D eigenvalue weighted by Crippen LogP contribution is 2.35. The predicted octanol–water partition coefficient (Wildman–Crippen LogP) is 3.23. The first-order valence-electron chi connectivity index (χ1n) is 8.48. The van der Waals surface area contributed by atoms with E-state index in [0.29, 0.717) is 5.92 Å². The van der Waals surface area contributed by atoms with Crippen LogP contribution in [0.5, 0.6) is 0 Å². The second kappa shape index (κ2) is 7.28. The summed E-state index contributed by atoms with van der Waals surface area (Å²) < 4.78 is 0. The Labute approximate surface area is 134 Å². The first-order chi connectivity index (χ1) is 10.4. The van der Waals surface area contributed by atoms with Gasteiger partial charge < -0.3 is 10.6 Å². The van der Waals surface area contributed by atoms with Gasteiger partial charge in [0.15, 0.2) is 0 Å². The Morgan fingerprint density at radius 2 is 2.00 bits per heavy atom. The van der Waals surface area contributed by atoms with Gasteiger partial charge in [-0.1, -0.05) is 51.1 Å². The van der Waals surface area contributed by atoms with Gasteiger partial charge in [-0.2, -0.15) is 0 Å². The molecule has 1 aliphatic rings. The van der Waals surface area contributed by atoms with Gasteiger partial charge in [0.2, 0.25) is 5.91 Å². The lowest BCUT2D eigenvalue weighted by Gasteiger charge is -2.26. The molecule has 2 N–H and O–H groups in total. The lowest BCUT2D eigenvalue weighted by Crippen LogP contribution is -2.44. The Morgan fingerprint density at radius 3 is 2.64 bits per heavy atom. The molecule has 1 aromatic carbocycles. The van der Waals surface area contributed by atoms with Gasteiger partial charge in [-0.3, -0.25) is 4.79 Å². The second-order valence-corrected chi connectivity index (χ2v) is 7.54. The molecule has 1 fully saturated rings. The Balaban J connectivity index is 1.86. The summed E-state index contributed by atoms with van der Waals surface area (Å²) in [4.78, 5) is 14.4. The third-order valence-electron chi connectivity index (χ3n) is 4.77. The van der Waals surface area contributed by atoms with Crippen LogP contribution in [-0.2, 0) is 11.2 Å². The van der Waals surface area contributed by atoms with E-state index in [2.05, 4.69) is 51.1 Å². The third-order valence-corrected chi connectivity index (χ3v) is 4.77. The molecule has 1 aliphatic heterocycles. The zero-order valence-corrected chi connectivity index (χ0v) is 14.2. The smallest absolute Gasteiger partial charge is 0.239 e. The fraction of sp³-hybridized carbons (Fsp3) is 0.632. The van der Waals surface area contributed by atoms with Crippen molar-refractivity contribution in [2.45, 2.75) is 52.5 Å². The van der Waals surface area contributed by atoms with Gasteiger partial charge in [-0.15, -0.1) is 0 Å². The average Bonchev–Trinajstić information content (AvgIpc) is 2.88. The Bertz CT molecular complexity index is 485. The van der Waals surface area contributed by atoms with Crippen molar-refractivity contribution in [3.63, 3.8) is 0 Å². The zero-order chi connectivity index (χ0) is 16.2. The number of nitrogens with zero attached hydrogens (tertiary/aromatic N) is 1. The number of amides is 1. The summed E-state index contributed by atoms with van der Waals surface area (Å²) in [5.74, 6) is 0.600. The van der Waals surface area contributed by atoms with Crippen LogP contribution in [0.1, 0.15) is 45.6 Å². The molecule has 0 bridgehead atoms. The van der Waals surface area contributed by atoms with Crippen molar-refractivity contribution in [3.05, 3.63) is 35.9 Å². The van der Waals surface area contributed by atoms with Crippen molar-refractivity contribution in [1.29, 1.82) is 0 Å². The minimum atomic E-state index is -0.337. The molecule has 2 atom stereocenters. The van der Waals surface area contributed by atoms with E-state index in [-0.39, 0.29) is 17.4 Å². The van der Waals surface area contributed by atoms with E-state index in [1.165, 1.54) is 5.56 Å². The van der Waals surface area contributed by atoms with E-state index in [0.717, 1.165) is 38.8 Å². The third kappa shape index (κ3) is 4.57. The molecule has 3 nitrogen and oxygen atoms in total. The second-order valence-electron chi connectivity index (χ2n) is 7.54. The highest BCUT2D eigenvalue weighted by molar-refractivity contribution is 5.82. The van der Waals surface area contributed by atoms with Gasteiger partial charge in [0.05, 0.1) is 6.04 Å². The maximum atomic E-state index is 12.4. The molecular weight excluding hydrogens is 272 g/mol. The summed E-state index contributed by atoms with van der Waals surface area (Å²) >= 11 is 0. The molecule has 0 aliphatic carbocycles. The van der Waals surface area contributed by atoms with Crippen molar-refractivity contribution < 1.29 is 4.79 Å². The summed E-state index contributed by atoms with van der Waals surface area (Å²) in [5.41, 5.74) is 7.67. The van der Waals surface area contributed by atoms with Crippen molar-refractivity contribution in [3.8, 4) is 0 Å². The molecular formula is C19H30N2O. The minimum Gasteiger partial charge on any atom is -0.341 e. The van der Waals surface area contributed by atoms with Gasteiger partial charge in [0, 0.05) is 13.1 Å². The number of benzene rings is 1. The fourth-order valence-corrected chi connectivity index (χ4v) is 3.35. The van der Waals surface area contributed by atoms with Crippen LogP contribution in [0.15, 0.2) is 30.3 Å². The van der Waals surface area contributed by atoms with Crippen LogP contribution in [0, 0.1) is 11.3 Å². The monoisotopic (exact) mass is 302 g/mol. The van der Waals surface area contributed by atoms with Gasteiger partial charge >= 0.3 is 0 Å². The Morgan fingerprint density at radius 1 is 1.32 bits per heavy atom. The average molecular weight is 302 g/mol. The summed E-state index contributed by atoms with van der Waals surface area (Å²) in [6.07, 6.45) is 4.06. The molecule has 1 aromatic rings. The first kappa shape index (κ1) is 17.0. The molecule has 22 heavy (non-hydrogen) atoms. The predicted molar refractivity (Wildman–Crippen MR) is 91.5 cm³/mol. The molecule has 1 unspecified atom stereocenters. The van der Waals surface area contributed by atoms with E-state index in [1.807, 2.05) is 4.90 Å². The number of aryl methyl sites for hydroxylation is 1. The highest BCUT2D eigenvalue weighted by Gasteiger charge is 2.37. The minimum absolute atomic E-state index is 0.136. The van der Waals surface area contributed by atoms with E-state index in [9.17, 15) is 4.79 Å². The van der Waals surface area contributed by atoms with Crippen molar-refractivity contribution in [2.75, 3.05) is 13.1 Å². The van der Waals surface area contributed by atoms with E-state index in [4.69, 9.17) is 5.73 Å². The van der Waals surface area contributed by atoms with Crippen LogP contribution in [-0.4, -0.2) is 29.9 Å². The van der Waals surface area contributed by atoms with Crippen LogP contribution in [0.25, 0.3) is 0 Å². The largest absolute Gasteiger partial charge is 0.341 e. The molecule has 3 heteroatoms. The highest BCUT2D eigenvalue weighted by atomic mass is 16.2. The summed E-state index contributed by atoms with van der Waals surface area (Å²) in [7, 11) is 0. The van der Waals surface area contributed by atoms with Crippen molar-refractivity contribution in [1.82, 2.24) is 4.90 Å². The van der Waals surface area contributed by atoms with Crippen molar-refractivity contribution >= 4 is 5.91 Å². The standard InChI is InChI=1S/C19H30N2O/c1-15(2)13-17(20)18(22)21-12-11-19(3,14-21)10-9-16-7-5-4-6-8-16/h4-8,15,17H,9-14,20H2,1-3H3/t17-,19?/m0/s1. The van der Waals surface area contributed by atoms with Crippen LogP contribution in [0.4, 0.5) is 0 Å². The Hall–Kier alpha value is -1.35. The number of likely N-dealkylation sites (tertiary alicyclic amines) is 1. The van der Waals surface area contributed by atoms with Crippen LogP contribution in [0.2, 0.25) is 0 Å². The summed E-state index contributed by atoms with van der Waals surface area (Å²) in [6.45, 7) is 8.24. The number of nitrogens with two attached hydrogens (primary N) is 1. The quantitative estimate of drug-likeness (QED) is 0.877. The van der Waals surface area contributed by atoms with Gasteiger partial charge in [-0.25, -0.2) is 0 Å². The molecule has 122 valence electrons. The van der Waals surface area contributed by atoms with E-state index >= 15 is 0 Å². The number of rotatable bonds is 6.